The minimum Gasteiger partial charge on any atom is -0.493 e. The number of aryl methyl sites for hydroxylation is 1. The number of aromatic hydroxyl groups is 1. The van der Waals surface area contributed by atoms with Crippen LogP contribution in [0.3, 0.4) is 0 Å². The van der Waals surface area contributed by atoms with Crippen LogP contribution in [0, 0.1) is 6.92 Å². The summed E-state index contributed by atoms with van der Waals surface area (Å²) < 4.78 is 1.42. The van der Waals surface area contributed by atoms with Crippen molar-refractivity contribution in [2.45, 2.75) is 6.92 Å². The molecule has 1 N–H and O–H groups in total. The molecule has 0 saturated carbocycles. The van der Waals surface area contributed by atoms with Crippen LogP contribution in [-0.4, -0.2) is 19.9 Å². The molecule has 2 heterocycles. The first-order valence-electron chi connectivity index (χ1n) is 5.61. The van der Waals surface area contributed by atoms with Crippen molar-refractivity contribution in [2.24, 2.45) is 0 Å². The first kappa shape index (κ1) is 12.2. The third-order valence-corrected chi connectivity index (χ3v) is 3.66. The van der Waals surface area contributed by atoms with E-state index in [1.165, 1.54) is 16.0 Å². The monoisotopic (exact) mass is 291 g/mol. The van der Waals surface area contributed by atoms with Crippen LogP contribution in [0.5, 0.6) is 5.88 Å². The number of aromatic nitrogens is 3. The standard InChI is InChI=1S/C13H10ClN3OS/c1-8-5-12(18)17(16-8)13-15-11(7-19-13)9-3-2-4-10(14)6-9/h2-7,18H,1H3. The second-order valence-corrected chi connectivity index (χ2v) is 5.35. The maximum Gasteiger partial charge on any atom is 0.216 e. The Bertz CT molecular complexity index is 735. The molecule has 0 radical (unpaired) electrons. The van der Waals surface area contributed by atoms with Crippen molar-refractivity contribution >= 4 is 22.9 Å². The van der Waals surface area contributed by atoms with Crippen LogP contribution < -0.4 is 0 Å². The van der Waals surface area contributed by atoms with Crippen molar-refractivity contribution < 1.29 is 5.11 Å². The Hall–Kier alpha value is -1.85. The molecule has 0 aliphatic carbocycles. The van der Waals surface area contributed by atoms with Gasteiger partial charge in [0.15, 0.2) is 0 Å². The van der Waals surface area contributed by atoms with E-state index >= 15 is 0 Å². The van der Waals surface area contributed by atoms with Crippen molar-refractivity contribution in [2.75, 3.05) is 0 Å². The van der Waals surface area contributed by atoms with Gasteiger partial charge in [0.2, 0.25) is 11.0 Å². The lowest BCUT2D eigenvalue weighted by Gasteiger charge is -1.98. The molecule has 0 spiro atoms. The molecule has 96 valence electrons. The van der Waals surface area contributed by atoms with Gasteiger partial charge in [0.05, 0.1) is 11.4 Å². The summed E-state index contributed by atoms with van der Waals surface area (Å²) in [7, 11) is 0. The summed E-state index contributed by atoms with van der Waals surface area (Å²) in [5.74, 6) is 0.0875. The highest BCUT2D eigenvalue weighted by Gasteiger charge is 2.11. The molecule has 6 heteroatoms. The van der Waals surface area contributed by atoms with Gasteiger partial charge in [-0.05, 0) is 19.1 Å². The topological polar surface area (TPSA) is 50.9 Å². The zero-order valence-electron chi connectivity index (χ0n) is 10.0. The van der Waals surface area contributed by atoms with E-state index in [0.717, 1.165) is 17.0 Å². The van der Waals surface area contributed by atoms with Crippen LogP contribution in [0.4, 0.5) is 0 Å². The molecule has 0 aliphatic rings. The van der Waals surface area contributed by atoms with Gasteiger partial charge in [-0.2, -0.15) is 9.78 Å². The third-order valence-electron chi connectivity index (χ3n) is 2.61. The number of rotatable bonds is 2. The summed E-state index contributed by atoms with van der Waals surface area (Å²) in [5.41, 5.74) is 2.51. The highest BCUT2D eigenvalue weighted by molar-refractivity contribution is 7.12. The quantitative estimate of drug-likeness (QED) is 0.784. The fourth-order valence-electron chi connectivity index (χ4n) is 1.77. The fourth-order valence-corrected chi connectivity index (χ4v) is 2.75. The number of nitrogens with zero attached hydrogens (tertiary/aromatic N) is 3. The molecular formula is C13H10ClN3OS. The number of benzene rings is 1. The van der Waals surface area contributed by atoms with Gasteiger partial charge in [-0.15, -0.1) is 11.3 Å². The predicted octanol–water partition coefficient (Wildman–Crippen LogP) is 3.66. The lowest BCUT2D eigenvalue weighted by molar-refractivity contribution is 0.433. The van der Waals surface area contributed by atoms with E-state index in [0.29, 0.717) is 10.2 Å². The van der Waals surface area contributed by atoms with E-state index in [2.05, 4.69) is 10.1 Å². The zero-order valence-corrected chi connectivity index (χ0v) is 11.6. The Morgan fingerprint density at radius 2 is 2.16 bits per heavy atom. The summed E-state index contributed by atoms with van der Waals surface area (Å²) in [6, 6.07) is 9.10. The Labute approximate surface area is 118 Å². The number of halogens is 1. The van der Waals surface area contributed by atoms with E-state index < -0.39 is 0 Å². The molecule has 1 aromatic carbocycles. The molecule has 0 unspecified atom stereocenters. The molecule has 4 nitrogen and oxygen atoms in total. The summed E-state index contributed by atoms with van der Waals surface area (Å²) in [6.45, 7) is 1.82. The van der Waals surface area contributed by atoms with Gasteiger partial charge >= 0.3 is 0 Å². The summed E-state index contributed by atoms with van der Waals surface area (Å²) >= 11 is 7.38. The van der Waals surface area contributed by atoms with E-state index in [4.69, 9.17) is 11.6 Å². The molecule has 0 aliphatic heterocycles. The summed E-state index contributed by atoms with van der Waals surface area (Å²) in [4.78, 5) is 4.47. The van der Waals surface area contributed by atoms with Gasteiger partial charge < -0.3 is 5.11 Å². The minimum atomic E-state index is 0.0875. The van der Waals surface area contributed by atoms with E-state index in [9.17, 15) is 5.11 Å². The zero-order chi connectivity index (χ0) is 13.4. The SMILES string of the molecule is Cc1cc(O)n(-c2nc(-c3cccc(Cl)c3)cs2)n1. The predicted molar refractivity (Wildman–Crippen MR) is 76.1 cm³/mol. The molecule has 0 saturated heterocycles. The normalized spacial score (nSPS) is 10.8. The Morgan fingerprint density at radius 3 is 2.84 bits per heavy atom. The fraction of sp³-hybridized carbons (Fsp3) is 0.0769. The second kappa shape index (κ2) is 4.68. The van der Waals surface area contributed by atoms with Crippen LogP contribution in [0.25, 0.3) is 16.4 Å². The molecule has 3 aromatic rings. The number of hydrogen-bond donors (Lipinski definition) is 1. The second-order valence-electron chi connectivity index (χ2n) is 4.08. The molecule has 3 rings (SSSR count). The average molecular weight is 292 g/mol. The van der Waals surface area contributed by atoms with Crippen LogP contribution >= 0.6 is 22.9 Å². The van der Waals surface area contributed by atoms with Crippen molar-refractivity contribution in [3.8, 4) is 22.3 Å². The van der Waals surface area contributed by atoms with Gasteiger partial charge in [0, 0.05) is 22.0 Å². The van der Waals surface area contributed by atoms with E-state index in [1.807, 2.05) is 36.6 Å². The highest BCUT2D eigenvalue weighted by atomic mass is 35.5. The van der Waals surface area contributed by atoms with Crippen molar-refractivity contribution in [3.05, 3.63) is 46.4 Å². The molecule has 2 aromatic heterocycles. The van der Waals surface area contributed by atoms with Crippen molar-refractivity contribution in [3.63, 3.8) is 0 Å². The summed E-state index contributed by atoms with van der Waals surface area (Å²) in [6.07, 6.45) is 0. The van der Waals surface area contributed by atoms with E-state index in [1.54, 1.807) is 6.07 Å². The number of hydrogen-bond acceptors (Lipinski definition) is 4. The lowest BCUT2D eigenvalue weighted by Crippen LogP contribution is -1.95. The molecular weight excluding hydrogens is 282 g/mol. The molecule has 0 bridgehead atoms. The van der Waals surface area contributed by atoms with Gasteiger partial charge in [-0.1, -0.05) is 23.7 Å². The van der Waals surface area contributed by atoms with E-state index in [-0.39, 0.29) is 5.88 Å². The lowest BCUT2D eigenvalue weighted by atomic mass is 10.2. The molecule has 0 atom stereocenters. The first-order chi connectivity index (χ1) is 9.13. The van der Waals surface area contributed by atoms with Crippen LogP contribution in [0.1, 0.15) is 5.69 Å². The third kappa shape index (κ3) is 2.34. The van der Waals surface area contributed by atoms with Gasteiger partial charge in [-0.25, -0.2) is 4.98 Å². The Kier molecular flexibility index (Phi) is 3.00. The smallest absolute Gasteiger partial charge is 0.216 e. The number of thiazole rings is 1. The average Bonchev–Trinajstić information content (AvgIpc) is 2.96. The van der Waals surface area contributed by atoms with Crippen LogP contribution in [0.15, 0.2) is 35.7 Å². The van der Waals surface area contributed by atoms with Crippen LogP contribution in [-0.2, 0) is 0 Å². The first-order valence-corrected chi connectivity index (χ1v) is 6.87. The largest absolute Gasteiger partial charge is 0.493 e. The summed E-state index contributed by atoms with van der Waals surface area (Å²) in [5, 5.41) is 17.2. The maximum atomic E-state index is 9.75. The van der Waals surface area contributed by atoms with Gasteiger partial charge in [0.1, 0.15) is 0 Å². The Morgan fingerprint density at radius 1 is 1.32 bits per heavy atom. The van der Waals surface area contributed by atoms with Gasteiger partial charge in [-0.3, -0.25) is 0 Å². The molecule has 0 fully saturated rings. The Balaban J connectivity index is 2.02. The molecule has 19 heavy (non-hydrogen) atoms. The van der Waals surface area contributed by atoms with Crippen LogP contribution in [0.2, 0.25) is 5.02 Å². The van der Waals surface area contributed by atoms with Crippen molar-refractivity contribution in [1.29, 1.82) is 0 Å². The minimum absolute atomic E-state index is 0.0875. The maximum absolute atomic E-state index is 9.75. The highest BCUT2D eigenvalue weighted by Crippen LogP contribution is 2.27. The van der Waals surface area contributed by atoms with Crippen molar-refractivity contribution in [1.82, 2.24) is 14.8 Å². The van der Waals surface area contributed by atoms with Gasteiger partial charge in [0.25, 0.3) is 0 Å². The molecule has 0 amide bonds.